The number of aromatic nitrogens is 1. The van der Waals surface area contributed by atoms with Gasteiger partial charge in [0.15, 0.2) is 0 Å². The van der Waals surface area contributed by atoms with Crippen LogP contribution in [0, 0.1) is 18.3 Å². The van der Waals surface area contributed by atoms with E-state index < -0.39 is 5.97 Å². The van der Waals surface area contributed by atoms with E-state index >= 15 is 0 Å². The summed E-state index contributed by atoms with van der Waals surface area (Å²) in [5.41, 5.74) is 0.968. The monoisotopic (exact) mass is 337 g/mol. The van der Waals surface area contributed by atoms with Gasteiger partial charge in [0.2, 0.25) is 5.91 Å². The van der Waals surface area contributed by atoms with Crippen molar-refractivity contribution in [3.63, 3.8) is 0 Å². The molecule has 0 aliphatic heterocycles. The van der Waals surface area contributed by atoms with Gasteiger partial charge in [0.25, 0.3) is 0 Å². The number of carbonyl (C=O) groups is 2. The molecule has 0 saturated heterocycles. The highest BCUT2D eigenvalue weighted by atomic mass is 32.2. The maximum Gasteiger partial charge on any atom is 0.340 e. The third-order valence-corrected chi connectivity index (χ3v) is 3.75. The molecule has 0 spiro atoms. The molecule has 0 bridgehead atoms. The fraction of sp³-hybridized carbons (Fsp3) is 0.467. The smallest absolute Gasteiger partial charge is 0.340 e. The standard InChI is InChI=1S/C15H19N3O4S/c1-4-22-15(20)12-7-11(8-16)14(18-10(12)2)23-9-13(19)17-5-6-21-3/h7H,4-6,9H2,1-3H3,(H,17,19). The summed E-state index contributed by atoms with van der Waals surface area (Å²) in [5.74, 6) is -0.559. The molecule has 124 valence electrons. The number of nitrogens with zero attached hydrogens (tertiary/aromatic N) is 2. The number of rotatable bonds is 8. The van der Waals surface area contributed by atoms with Crippen LogP contribution in [0.25, 0.3) is 0 Å². The lowest BCUT2D eigenvalue weighted by molar-refractivity contribution is -0.118. The van der Waals surface area contributed by atoms with Gasteiger partial charge < -0.3 is 14.8 Å². The van der Waals surface area contributed by atoms with Crippen molar-refractivity contribution in [1.29, 1.82) is 5.26 Å². The number of carbonyl (C=O) groups excluding carboxylic acids is 2. The molecule has 1 aromatic heterocycles. The number of ether oxygens (including phenoxy) is 2. The van der Waals surface area contributed by atoms with Gasteiger partial charge in [-0.05, 0) is 19.9 Å². The van der Waals surface area contributed by atoms with Gasteiger partial charge in [-0.15, -0.1) is 0 Å². The lowest BCUT2D eigenvalue weighted by atomic mass is 10.1. The van der Waals surface area contributed by atoms with Crippen LogP contribution in [0.3, 0.4) is 0 Å². The average molecular weight is 337 g/mol. The molecule has 1 rings (SSSR count). The van der Waals surface area contributed by atoms with E-state index in [9.17, 15) is 14.9 Å². The Kier molecular flexibility index (Phi) is 8.08. The number of amides is 1. The summed E-state index contributed by atoms with van der Waals surface area (Å²) >= 11 is 1.15. The second kappa shape index (κ2) is 9.82. The van der Waals surface area contributed by atoms with Gasteiger partial charge >= 0.3 is 5.97 Å². The van der Waals surface area contributed by atoms with Gasteiger partial charge in [-0.2, -0.15) is 5.26 Å². The number of pyridine rings is 1. The summed E-state index contributed by atoms with van der Waals surface area (Å²) in [6.07, 6.45) is 0. The Bertz CT molecular complexity index is 613. The second-order valence-corrected chi connectivity index (χ2v) is 5.40. The van der Waals surface area contributed by atoms with Gasteiger partial charge in [-0.3, -0.25) is 4.79 Å². The van der Waals surface area contributed by atoms with E-state index in [4.69, 9.17) is 9.47 Å². The van der Waals surface area contributed by atoms with Crippen LogP contribution < -0.4 is 5.32 Å². The molecule has 1 heterocycles. The minimum Gasteiger partial charge on any atom is -0.462 e. The number of methoxy groups -OCH3 is 1. The molecule has 0 aromatic carbocycles. The number of aryl methyl sites for hydroxylation is 1. The number of nitrogens with one attached hydrogen (secondary N) is 1. The Morgan fingerprint density at radius 1 is 1.48 bits per heavy atom. The predicted molar refractivity (Wildman–Crippen MR) is 85.3 cm³/mol. The van der Waals surface area contributed by atoms with Crippen molar-refractivity contribution >= 4 is 23.6 Å². The molecular weight excluding hydrogens is 318 g/mol. The van der Waals surface area contributed by atoms with Crippen molar-refractivity contribution in [3.8, 4) is 6.07 Å². The third kappa shape index (κ3) is 5.88. The molecule has 1 N–H and O–H groups in total. The molecule has 0 saturated carbocycles. The maximum atomic E-state index is 11.8. The summed E-state index contributed by atoms with van der Waals surface area (Å²) in [7, 11) is 1.55. The highest BCUT2D eigenvalue weighted by Gasteiger charge is 2.17. The van der Waals surface area contributed by atoms with E-state index in [0.29, 0.717) is 23.9 Å². The van der Waals surface area contributed by atoms with Crippen molar-refractivity contribution in [2.24, 2.45) is 0 Å². The Balaban J connectivity index is 2.80. The van der Waals surface area contributed by atoms with Crippen LogP contribution in [0.15, 0.2) is 11.1 Å². The lowest BCUT2D eigenvalue weighted by Gasteiger charge is -2.09. The minimum atomic E-state index is -0.511. The summed E-state index contributed by atoms with van der Waals surface area (Å²) in [4.78, 5) is 27.7. The topological polar surface area (TPSA) is 101 Å². The Morgan fingerprint density at radius 3 is 2.83 bits per heavy atom. The molecule has 8 heteroatoms. The zero-order chi connectivity index (χ0) is 17.2. The summed E-state index contributed by atoms with van der Waals surface area (Å²) in [6, 6.07) is 3.44. The first-order valence-corrected chi connectivity index (χ1v) is 7.99. The van der Waals surface area contributed by atoms with Crippen molar-refractivity contribution in [3.05, 3.63) is 22.9 Å². The van der Waals surface area contributed by atoms with Gasteiger partial charge in [0.1, 0.15) is 11.1 Å². The van der Waals surface area contributed by atoms with E-state index in [1.54, 1.807) is 21.0 Å². The minimum absolute atomic E-state index is 0.129. The second-order valence-electron chi connectivity index (χ2n) is 4.44. The quantitative estimate of drug-likeness (QED) is 0.433. The zero-order valence-electron chi connectivity index (χ0n) is 13.3. The normalized spacial score (nSPS) is 10.0. The van der Waals surface area contributed by atoms with E-state index in [1.807, 2.05) is 6.07 Å². The summed E-state index contributed by atoms with van der Waals surface area (Å²) < 4.78 is 9.77. The van der Waals surface area contributed by atoms with E-state index in [-0.39, 0.29) is 29.4 Å². The fourth-order valence-corrected chi connectivity index (χ4v) is 2.50. The first kappa shape index (κ1) is 18.9. The van der Waals surface area contributed by atoms with Crippen molar-refractivity contribution in [1.82, 2.24) is 10.3 Å². The first-order valence-electron chi connectivity index (χ1n) is 7.00. The highest BCUT2D eigenvalue weighted by Crippen LogP contribution is 2.23. The molecule has 1 amide bonds. The van der Waals surface area contributed by atoms with Gasteiger partial charge in [0.05, 0.1) is 35.8 Å². The van der Waals surface area contributed by atoms with Crippen LogP contribution in [0.1, 0.15) is 28.5 Å². The van der Waals surface area contributed by atoms with Gasteiger partial charge in [-0.1, -0.05) is 11.8 Å². The van der Waals surface area contributed by atoms with E-state index in [0.717, 1.165) is 11.8 Å². The molecule has 0 aliphatic carbocycles. The molecule has 7 nitrogen and oxygen atoms in total. The van der Waals surface area contributed by atoms with Crippen LogP contribution in [0.5, 0.6) is 0 Å². The molecule has 23 heavy (non-hydrogen) atoms. The molecule has 1 aromatic rings. The Labute approximate surface area is 139 Å². The molecule has 0 fully saturated rings. The van der Waals surface area contributed by atoms with Crippen molar-refractivity contribution < 1.29 is 19.1 Å². The Morgan fingerprint density at radius 2 is 2.22 bits per heavy atom. The van der Waals surface area contributed by atoms with Crippen LogP contribution >= 0.6 is 11.8 Å². The van der Waals surface area contributed by atoms with Crippen LogP contribution in [0.2, 0.25) is 0 Å². The zero-order valence-corrected chi connectivity index (χ0v) is 14.2. The molecule has 0 radical (unpaired) electrons. The fourth-order valence-electron chi connectivity index (χ4n) is 1.67. The average Bonchev–Trinajstić information content (AvgIpc) is 2.53. The van der Waals surface area contributed by atoms with Crippen LogP contribution in [-0.4, -0.2) is 49.5 Å². The maximum absolute atomic E-state index is 11.8. The number of hydrogen-bond acceptors (Lipinski definition) is 7. The van der Waals surface area contributed by atoms with Crippen LogP contribution in [0.4, 0.5) is 0 Å². The lowest BCUT2D eigenvalue weighted by Crippen LogP contribution is -2.28. The third-order valence-electron chi connectivity index (χ3n) is 2.76. The Hall–Kier alpha value is -2.11. The van der Waals surface area contributed by atoms with E-state index in [2.05, 4.69) is 10.3 Å². The molecule has 0 unspecified atom stereocenters. The molecule has 0 aliphatic rings. The first-order chi connectivity index (χ1) is 11.0. The van der Waals surface area contributed by atoms with Crippen molar-refractivity contribution in [2.75, 3.05) is 32.6 Å². The predicted octanol–water partition coefficient (Wildman–Crippen LogP) is 1.29. The van der Waals surface area contributed by atoms with Crippen LogP contribution in [-0.2, 0) is 14.3 Å². The summed E-state index contributed by atoms with van der Waals surface area (Å²) in [5, 5.41) is 12.3. The number of hydrogen-bond donors (Lipinski definition) is 1. The van der Waals surface area contributed by atoms with E-state index in [1.165, 1.54) is 6.07 Å². The van der Waals surface area contributed by atoms with Gasteiger partial charge in [-0.25, -0.2) is 9.78 Å². The largest absolute Gasteiger partial charge is 0.462 e. The highest BCUT2D eigenvalue weighted by molar-refractivity contribution is 8.00. The number of nitriles is 1. The molecular formula is C15H19N3O4S. The number of esters is 1. The number of thioether (sulfide) groups is 1. The SMILES string of the molecule is CCOC(=O)c1cc(C#N)c(SCC(=O)NCCOC)nc1C. The molecule has 0 atom stereocenters. The van der Waals surface area contributed by atoms with Crippen molar-refractivity contribution in [2.45, 2.75) is 18.9 Å². The summed E-state index contributed by atoms with van der Waals surface area (Å²) in [6.45, 7) is 4.48. The van der Waals surface area contributed by atoms with Gasteiger partial charge in [0, 0.05) is 13.7 Å².